The van der Waals surface area contributed by atoms with Crippen LogP contribution in [0.1, 0.15) is 10.4 Å². The van der Waals surface area contributed by atoms with Crippen LogP contribution in [0.5, 0.6) is 0 Å². The van der Waals surface area contributed by atoms with E-state index in [1.165, 1.54) is 12.1 Å². The van der Waals surface area contributed by atoms with E-state index in [-0.39, 0.29) is 5.56 Å². The molecule has 3 aromatic rings. The number of halogens is 1. The number of pyridine rings is 1. The smallest absolute Gasteiger partial charge is 0.335 e. The second-order valence-electron chi connectivity index (χ2n) is 4.52. The van der Waals surface area contributed by atoms with E-state index in [1.807, 2.05) is 30.3 Å². The Morgan fingerprint density at radius 2 is 1.86 bits per heavy atom. The molecule has 21 heavy (non-hydrogen) atoms. The van der Waals surface area contributed by atoms with Crippen molar-refractivity contribution >= 4 is 40.0 Å². The average Bonchev–Trinajstić information content (AvgIpc) is 2.47. The lowest BCUT2D eigenvalue weighted by Gasteiger charge is -2.08. The number of hydrogen-bond donors (Lipinski definition) is 2. The van der Waals surface area contributed by atoms with Crippen molar-refractivity contribution in [2.24, 2.45) is 0 Å². The van der Waals surface area contributed by atoms with Crippen LogP contribution >= 0.6 is 11.6 Å². The molecule has 0 bridgehead atoms. The number of para-hydroxylation sites is 1. The number of anilines is 2. The highest BCUT2D eigenvalue weighted by molar-refractivity contribution is 6.35. The molecule has 0 atom stereocenters. The van der Waals surface area contributed by atoms with E-state index in [0.29, 0.717) is 16.4 Å². The normalized spacial score (nSPS) is 10.5. The standard InChI is InChI=1S/C16H11ClN2O2/c17-13-9-15(18-11-4-2-1-3-5-11)19-14-8-10(16(20)21)6-7-12(13)14/h1-9H,(H,18,19)(H,20,21). The molecule has 3 rings (SSSR count). The van der Waals surface area contributed by atoms with Crippen molar-refractivity contribution < 1.29 is 9.90 Å². The quantitative estimate of drug-likeness (QED) is 0.755. The van der Waals surface area contributed by atoms with Crippen LogP contribution < -0.4 is 5.32 Å². The Hall–Kier alpha value is -2.59. The SMILES string of the molecule is O=C(O)c1ccc2c(Cl)cc(Nc3ccccc3)nc2c1. The van der Waals surface area contributed by atoms with Crippen LogP contribution in [-0.4, -0.2) is 16.1 Å². The van der Waals surface area contributed by atoms with Gasteiger partial charge >= 0.3 is 5.97 Å². The minimum absolute atomic E-state index is 0.183. The molecule has 4 nitrogen and oxygen atoms in total. The average molecular weight is 299 g/mol. The zero-order valence-electron chi connectivity index (χ0n) is 10.9. The number of nitrogens with one attached hydrogen (secondary N) is 1. The van der Waals surface area contributed by atoms with Gasteiger partial charge in [-0.2, -0.15) is 0 Å². The third-order valence-electron chi connectivity index (χ3n) is 3.05. The van der Waals surface area contributed by atoms with E-state index in [1.54, 1.807) is 12.1 Å². The van der Waals surface area contributed by atoms with Crippen LogP contribution in [0.15, 0.2) is 54.6 Å². The fraction of sp³-hybridized carbons (Fsp3) is 0. The van der Waals surface area contributed by atoms with Crippen molar-refractivity contribution in [2.45, 2.75) is 0 Å². The molecular weight excluding hydrogens is 288 g/mol. The van der Waals surface area contributed by atoms with Crippen molar-refractivity contribution in [3.05, 3.63) is 65.2 Å². The fourth-order valence-electron chi connectivity index (χ4n) is 2.05. The predicted octanol–water partition coefficient (Wildman–Crippen LogP) is 4.33. The zero-order valence-corrected chi connectivity index (χ0v) is 11.6. The minimum atomic E-state index is -0.990. The molecule has 0 aliphatic carbocycles. The molecule has 0 amide bonds. The Morgan fingerprint density at radius 1 is 1.10 bits per heavy atom. The van der Waals surface area contributed by atoms with Gasteiger partial charge in [0.2, 0.25) is 0 Å². The van der Waals surface area contributed by atoms with Gasteiger partial charge in [0, 0.05) is 17.1 Å². The van der Waals surface area contributed by atoms with Crippen LogP contribution in [0.2, 0.25) is 5.02 Å². The summed E-state index contributed by atoms with van der Waals surface area (Å²) in [5.74, 6) is -0.419. The zero-order chi connectivity index (χ0) is 14.8. The molecule has 0 aliphatic rings. The van der Waals surface area contributed by atoms with Gasteiger partial charge in [-0.3, -0.25) is 0 Å². The van der Waals surface area contributed by atoms with Gasteiger partial charge in [-0.15, -0.1) is 0 Å². The molecule has 2 aromatic carbocycles. The summed E-state index contributed by atoms with van der Waals surface area (Å²) in [6.45, 7) is 0. The third kappa shape index (κ3) is 2.80. The summed E-state index contributed by atoms with van der Waals surface area (Å²) in [5.41, 5.74) is 1.61. The highest BCUT2D eigenvalue weighted by Crippen LogP contribution is 2.27. The minimum Gasteiger partial charge on any atom is -0.478 e. The van der Waals surface area contributed by atoms with Gasteiger partial charge < -0.3 is 10.4 Å². The molecule has 0 spiro atoms. The second kappa shape index (κ2) is 5.42. The number of benzene rings is 2. The van der Waals surface area contributed by atoms with Crippen LogP contribution in [0.4, 0.5) is 11.5 Å². The largest absolute Gasteiger partial charge is 0.478 e. The monoisotopic (exact) mass is 298 g/mol. The summed E-state index contributed by atoms with van der Waals surface area (Å²) >= 11 is 6.23. The van der Waals surface area contributed by atoms with E-state index in [0.717, 1.165) is 11.1 Å². The number of aromatic carboxylic acids is 1. The Bertz CT molecular complexity index is 819. The van der Waals surface area contributed by atoms with Gasteiger partial charge in [0.05, 0.1) is 16.1 Å². The topological polar surface area (TPSA) is 62.2 Å². The number of fused-ring (bicyclic) bond motifs is 1. The number of carboxylic acid groups (broad SMARTS) is 1. The molecule has 0 radical (unpaired) electrons. The fourth-order valence-corrected chi connectivity index (χ4v) is 2.32. The van der Waals surface area contributed by atoms with Gasteiger partial charge in [-0.1, -0.05) is 35.9 Å². The van der Waals surface area contributed by atoms with Crippen molar-refractivity contribution in [2.75, 3.05) is 5.32 Å². The molecule has 0 saturated heterocycles. The summed E-state index contributed by atoms with van der Waals surface area (Å²) in [4.78, 5) is 15.4. The van der Waals surface area contributed by atoms with Gasteiger partial charge in [-0.25, -0.2) is 9.78 Å². The number of carboxylic acids is 1. The Kier molecular flexibility index (Phi) is 3.46. The molecule has 5 heteroatoms. The highest BCUT2D eigenvalue weighted by Gasteiger charge is 2.08. The van der Waals surface area contributed by atoms with Crippen LogP contribution in [0, 0.1) is 0 Å². The van der Waals surface area contributed by atoms with Gasteiger partial charge in [-0.05, 0) is 24.3 Å². The molecule has 1 aromatic heterocycles. The number of nitrogens with zero attached hydrogens (tertiary/aromatic N) is 1. The van der Waals surface area contributed by atoms with Crippen LogP contribution in [-0.2, 0) is 0 Å². The molecule has 104 valence electrons. The van der Waals surface area contributed by atoms with E-state index in [4.69, 9.17) is 16.7 Å². The lowest BCUT2D eigenvalue weighted by molar-refractivity contribution is 0.0697. The molecule has 0 unspecified atom stereocenters. The number of aromatic nitrogens is 1. The summed E-state index contributed by atoms with van der Waals surface area (Å²) < 4.78 is 0. The molecule has 0 fully saturated rings. The van der Waals surface area contributed by atoms with Gasteiger partial charge in [0.25, 0.3) is 0 Å². The van der Waals surface area contributed by atoms with E-state index < -0.39 is 5.97 Å². The van der Waals surface area contributed by atoms with Crippen LogP contribution in [0.3, 0.4) is 0 Å². The molecule has 0 saturated carbocycles. The van der Waals surface area contributed by atoms with Crippen molar-refractivity contribution in [1.82, 2.24) is 4.98 Å². The van der Waals surface area contributed by atoms with E-state index in [9.17, 15) is 4.79 Å². The first-order chi connectivity index (χ1) is 10.1. The lowest BCUT2D eigenvalue weighted by Crippen LogP contribution is -1.98. The van der Waals surface area contributed by atoms with Crippen molar-refractivity contribution in [1.29, 1.82) is 0 Å². The third-order valence-corrected chi connectivity index (χ3v) is 3.37. The maximum atomic E-state index is 11.0. The maximum absolute atomic E-state index is 11.0. The Morgan fingerprint density at radius 3 is 2.57 bits per heavy atom. The van der Waals surface area contributed by atoms with Crippen molar-refractivity contribution in [3.63, 3.8) is 0 Å². The lowest BCUT2D eigenvalue weighted by atomic mass is 10.1. The molecule has 2 N–H and O–H groups in total. The maximum Gasteiger partial charge on any atom is 0.335 e. The summed E-state index contributed by atoms with van der Waals surface area (Å²) in [7, 11) is 0. The first-order valence-corrected chi connectivity index (χ1v) is 6.67. The predicted molar refractivity (Wildman–Crippen MR) is 83.4 cm³/mol. The van der Waals surface area contributed by atoms with E-state index in [2.05, 4.69) is 10.3 Å². The first kappa shape index (κ1) is 13.4. The molecule has 0 aliphatic heterocycles. The second-order valence-corrected chi connectivity index (χ2v) is 4.92. The van der Waals surface area contributed by atoms with Crippen molar-refractivity contribution in [3.8, 4) is 0 Å². The molecule has 1 heterocycles. The number of rotatable bonds is 3. The first-order valence-electron chi connectivity index (χ1n) is 6.29. The number of hydrogen-bond acceptors (Lipinski definition) is 3. The summed E-state index contributed by atoms with van der Waals surface area (Å²) in [5, 5.41) is 13.4. The Labute approximate surface area is 126 Å². The van der Waals surface area contributed by atoms with Gasteiger partial charge in [0.1, 0.15) is 5.82 Å². The number of carbonyl (C=O) groups is 1. The van der Waals surface area contributed by atoms with Crippen LogP contribution in [0.25, 0.3) is 10.9 Å². The Balaban J connectivity index is 2.06. The molecular formula is C16H11ClN2O2. The highest BCUT2D eigenvalue weighted by atomic mass is 35.5. The summed E-state index contributed by atoms with van der Waals surface area (Å²) in [6, 6.07) is 16.0. The summed E-state index contributed by atoms with van der Waals surface area (Å²) in [6.07, 6.45) is 0. The van der Waals surface area contributed by atoms with E-state index >= 15 is 0 Å². The van der Waals surface area contributed by atoms with Gasteiger partial charge in [0.15, 0.2) is 0 Å².